The number of fused-ring (bicyclic) bond motifs is 5. The van der Waals surface area contributed by atoms with Crippen LogP contribution in [0.3, 0.4) is 0 Å². The molecule has 21 heavy (non-hydrogen) atoms. The zero-order chi connectivity index (χ0) is 14.4. The van der Waals surface area contributed by atoms with Crippen LogP contribution in [0.25, 0.3) is 0 Å². The van der Waals surface area contributed by atoms with Gasteiger partial charge in [0.1, 0.15) is 5.75 Å². The molecule has 1 aromatic carbocycles. The molecule has 5 unspecified atom stereocenters. The molecule has 0 spiro atoms. The molecule has 0 aliphatic heterocycles. The molecule has 5 atom stereocenters. The number of ether oxygens (including phenoxy) is 1. The van der Waals surface area contributed by atoms with E-state index in [1.54, 1.807) is 7.11 Å². The third-order valence-electron chi connectivity index (χ3n) is 6.23. The topological polar surface area (TPSA) is 21.3 Å². The van der Waals surface area contributed by atoms with Gasteiger partial charge in [0.25, 0.3) is 0 Å². The van der Waals surface area contributed by atoms with Crippen LogP contribution < -0.4 is 10.1 Å². The minimum Gasteiger partial charge on any atom is -0.496 e. The fourth-order valence-electron chi connectivity index (χ4n) is 5.43. The highest BCUT2D eigenvalue weighted by atomic mass is 35.5. The van der Waals surface area contributed by atoms with Gasteiger partial charge < -0.3 is 10.1 Å². The number of halogens is 1. The molecule has 0 heterocycles. The summed E-state index contributed by atoms with van der Waals surface area (Å²) in [7, 11) is 1.73. The van der Waals surface area contributed by atoms with E-state index >= 15 is 0 Å². The lowest BCUT2D eigenvalue weighted by molar-refractivity contribution is 0.207. The summed E-state index contributed by atoms with van der Waals surface area (Å²) in [5.74, 6) is 4.94. The fourth-order valence-corrected chi connectivity index (χ4v) is 5.62. The number of rotatable bonds is 4. The predicted octanol–water partition coefficient (Wildman–Crippen LogP) is 4.26. The summed E-state index contributed by atoms with van der Waals surface area (Å²) < 4.78 is 5.45. The first-order chi connectivity index (χ1) is 10.3. The summed E-state index contributed by atoms with van der Waals surface area (Å²) in [6.07, 6.45) is 7.30. The van der Waals surface area contributed by atoms with Crippen LogP contribution in [0, 0.1) is 23.7 Å². The monoisotopic (exact) mass is 305 g/mol. The molecule has 4 rings (SSSR count). The standard InChI is InChI=1S/C18H24ClNO/c1-21-18-6-5-13(19)7-12(18)10-20-17-9-11-8-16(17)15-4-2-3-14(11)15/h5-7,11,14-17,20H,2-4,8-10H2,1H3. The number of hydrogen-bond donors (Lipinski definition) is 1. The van der Waals surface area contributed by atoms with Crippen LogP contribution in [-0.4, -0.2) is 13.2 Å². The van der Waals surface area contributed by atoms with Crippen molar-refractivity contribution in [3.8, 4) is 5.75 Å². The molecular formula is C18H24ClNO. The summed E-state index contributed by atoms with van der Waals surface area (Å²) in [5, 5.41) is 4.59. The van der Waals surface area contributed by atoms with Crippen molar-refractivity contribution in [3.63, 3.8) is 0 Å². The fraction of sp³-hybridized carbons (Fsp3) is 0.667. The van der Waals surface area contributed by atoms with Crippen LogP contribution in [0.2, 0.25) is 5.02 Å². The Morgan fingerprint density at radius 3 is 2.90 bits per heavy atom. The molecule has 3 saturated carbocycles. The van der Waals surface area contributed by atoms with Gasteiger partial charge >= 0.3 is 0 Å². The molecule has 3 fully saturated rings. The first-order valence-electron chi connectivity index (χ1n) is 8.32. The Kier molecular flexibility index (Phi) is 3.63. The molecule has 2 bridgehead atoms. The maximum atomic E-state index is 6.12. The first-order valence-corrected chi connectivity index (χ1v) is 8.70. The second kappa shape index (κ2) is 5.48. The lowest BCUT2D eigenvalue weighted by atomic mass is 9.79. The van der Waals surface area contributed by atoms with Crippen molar-refractivity contribution in [2.24, 2.45) is 23.7 Å². The van der Waals surface area contributed by atoms with Gasteiger partial charge in [-0.05, 0) is 67.6 Å². The van der Waals surface area contributed by atoms with Gasteiger partial charge in [0, 0.05) is 23.2 Å². The Morgan fingerprint density at radius 2 is 2.05 bits per heavy atom. The second-order valence-corrected chi connectivity index (χ2v) is 7.53. The lowest BCUT2D eigenvalue weighted by Gasteiger charge is -2.32. The average Bonchev–Trinajstić information content (AvgIpc) is 3.17. The highest BCUT2D eigenvalue weighted by Gasteiger charge is 2.53. The second-order valence-electron chi connectivity index (χ2n) is 7.10. The SMILES string of the molecule is COc1ccc(Cl)cc1CNC1CC2CC1C1CCCC21. The molecule has 3 aliphatic carbocycles. The molecule has 1 N–H and O–H groups in total. The van der Waals surface area contributed by atoms with E-state index in [-0.39, 0.29) is 0 Å². The first kappa shape index (κ1) is 13.9. The zero-order valence-electron chi connectivity index (χ0n) is 12.6. The third-order valence-corrected chi connectivity index (χ3v) is 6.46. The van der Waals surface area contributed by atoms with Gasteiger partial charge in [-0.1, -0.05) is 18.0 Å². The van der Waals surface area contributed by atoms with E-state index < -0.39 is 0 Å². The van der Waals surface area contributed by atoms with Crippen LogP contribution in [-0.2, 0) is 6.54 Å². The normalized spacial score (nSPS) is 37.0. The molecule has 114 valence electrons. The van der Waals surface area contributed by atoms with Gasteiger partial charge in [0.05, 0.1) is 7.11 Å². The van der Waals surface area contributed by atoms with E-state index in [2.05, 4.69) is 5.32 Å². The minimum atomic E-state index is 0.707. The molecule has 2 nitrogen and oxygen atoms in total. The van der Waals surface area contributed by atoms with Crippen molar-refractivity contribution in [2.45, 2.75) is 44.7 Å². The lowest BCUT2D eigenvalue weighted by Crippen LogP contribution is -2.38. The van der Waals surface area contributed by atoms with E-state index in [1.807, 2.05) is 18.2 Å². The predicted molar refractivity (Wildman–Crippen MR) is 85.7 cm³/mol. The summed E-state index contributed by atoms with van der Waals surface area (Å²) >= 11 is 6.12. The summed E-state index contributed by atoms with van der Waals surface area (Å²) in [6, 6.07) is 6.59. The van der Waals surface area contributed by atoms with E-state index in [1.165, 1.54) is 37.7 Å². The average molecular weight is 306 g/mol. The Labute approximate surface area is 132 Å². The smallest absolute Gasteiger partial charge is 0.123 e. The molecule has 3 aliphatic rings. The van der Waals surface area contributed by atoms with Crippen molar-refractivity contribution in [1.82, 2.24) is 5.32 Å². The third kappa shape index (κ3) is 2.37. The summed E-state index contributed by atoms with van der Waals surface area (Å²) in [6.45, 7) is 0.870. The van der Waals surface area contributed by atoms with Crippen LogP contribution in [0.5, 0.6) is 5.75 Å². The van der Waals surface area contributed by atoms with Crippen molar-refractivity contribution in [2.75, 3.05) is 7.11 Å². The van der Waals surface area contributed by atoms with Crippen molar-refractivity contribution >= 4 is 11.6 Å². The van der Waals surface area contributed by atoms with Crippen LogP contribution in [0.1, 0.15) is 37.7 Å². The van der Waals surface area contributed by atoms with Crippen molar-refractivity contribution < 1.29 is 4.74 Å². The van der Waals surface area contributed by atoms with Gasteiger partial charge in [-0.2, -0.15) is 0 Å². The maximum absolute atomic E-state index is 6.12. The van der Waals surface area contributed by atoms with Crippen LogP contribution in [0.15, 0.2) is 18.2 Å². The molecule has 3 heteroatoms. The Hall–Kier alpha value is -0.730. The highest BCUT2D eigenvalue weighted by Crippen LogP contribution is 2.58. The van der Waals surface area contributed by atoms with Crippen LogP contribution in [0.4, 0.5) is 0 Å². The Morgan fingerprint density at radius 1 is 1.19 bits per heavy atom. The quantitative estimate of drug-likeness (QED) is 0.897. The maximum Gasteiger partial charge on any atom is 0.123 e. The van der Waals surface area contributed by atoms with Crippen LogP contribution >= 0.6 is 11.6 Å². The van der Waals surface area contributed by atoms with E-state index in [9.17, 15) is 0 Å². The van der Waals surface area contributed by atoms with Gasteiger partial charge in [0.2, 0.25) is 0 Å². The number of methoxy groups -OCH3 is 1. The molecule has 0 radical (unpaired) electrons. The largest absolute Gasteiger partial charge is 0.496 e. The molecular weight excluding hydrogens is 282 g/mol. The Balaban J connectivity index is 1.43. The van der Waals surface area contributed by atoms with E-state index in [0.29, 0.717) is 6.04 Å². The van der Waals surface area contributed by atoms with Gasteiger partial charge in [-0.3, -0.25) is 0 Å². The zero-order valence-corrected chi connectivity index (χ0v) is 13.4. The molecule has 0 amide bonds. The van der Waals surface area contributed by atoms with Gasteiger partial charge in [-0.25, -0.2) is 0 Å². The summed E-state index contributed by atoms with van der Waals surface area (Å²) in [4.78, 5) is 0. The van der Waals surface area contributed by atoms with Gasteiger partial charge in [0.15, 0.2) is 0 Å². The number of hydrogen-bond acceptors (Lipinski definition) is 2. The summed E-state index contributed by atoms with van der Waals surface area (Å²) in [5.41, 5.74) is 1.18. The van der Waals surface area contributed by atoms with Crippen molar-refractivity contribution in [3.05, 3.63) is 28.8 Å². The molecule has 0 saturated heterocycles. The van der Waals surface area contributed by atoms with E-state index in [4.69, 9.17) is 16.3 Å². The van der Waals surface area contributed by atoms with Crippen molar-refractivity contribution in [1.29, 1.82) is 0 Å². The highest BCUT2D eigenvalue weighted by molar-refractivity contribution is 6.30. The van der Waals surface area contributed by atoms with E-state index in [0.717, 1.165) is 41.0 Å². The Bertz CT molecular complexity index is 532. The molecule has 1 aromatic rings. The molecule has 0 aromatic heterocycles. The number of benzene rings is 1. The van der Waals surface area contributed by atoms with Gasteiger partial charge in [-0.15, -0.1) is 0 Å². The number of nitrogens with one attached hydrogen (secondary N) is 1. The minimum absolute atomic E-state index is 0.707.